The Hall–Kier alpha value is -0.880. The molecule has 1 rings (SSSR count). The third kappa shape index (κ3) is 8.88. The van der Waals surface area contributed by atoms with Gasteiger partial charge in [0.2, 0.25) is 0 Å². The first-order chi connectivity index (χ1) is 10.1. The van der Waals surface area contributed by atoms with Crippen molar-refractivity contribution in [2.24, 2.45) is 5.92 Å². The van der Waals surface area contributed by atoms with Crippen molar-refractivity contribution in [3.05, 3.63) is 24.2 Å². The largest absolute Gasteiger partial charge is 0.468 e. The maximum Gasteiger partial charge on any atom is 0.117 e. The number of hydrogen-bond donors (Lipinski definition) is 1. The number of methoxy groups -OCH3 is 1. The molecule has 1 atom stereocenters. The molecule has 5 nitrogen and oxygen atoms in total. The first-order valence-corrected chi connectivity index (χ1v) is 7.61. The van der Waals surface area contributed by atoms with Gasteiger partial charge in [-0.05, 0) is 24.5 Å². The van der Waals surface area contributed by atoms with E-state index in [-0.39, 0.29) is 0 Å². The van der Waals surface area contributed by atoms with E-state index in [4.69, 9.17) is 13.9 Å². The van der Waals surface area contributed by atoms with Gasteiger partial charge in [-0.1, -0.05) is 13.8 Å². The molecule has 0 saturated carbocycles. The molecule has 0 amide bonds. The average molecular weight is 299 g/mol. The number of aliphatic hydroxyl groups excluding tert-OH is 1. The first kappa shape index (κ1) is 18.2. The number of hydrogen-bond acceptors (Lipinski definition) is 5. The fraction of sp³-hybridized carbons (Fsp3) is 0.750. The molecule has 0 fully saturated rings. The van der Waals surface area contributed by atoms with Gasteiger partial charge in [0.1, 0.15) is 5.76 Å². The van der Waals surface area contributed by atoms with E-state index in [0.717, 1.165) is 18.7 Å². The second-order valence-electron chi connectivity index (χ2n) is 5.75. The highest BCUT2D eigenvalue weighted by atomic mass is 16.5. The molecule has 1 N–H and O–H groups in total. The van der Waals surface area contributed by atoms with E-state index in [0.29, 0.717) is 38.8 Å². The SMILES string of the molecule is COCCCN(Cc1ccco1)C[C@@H](O)COCC(C)C. The smallest absolute Gasteiger partial charge is 0.117 e. The Morgan fingerprint density at radius 1 is 1.33 bits per heavy atom. The van der Waals surface area contributed by atoms with Crippen molar-refractivity contribution in [3.8, 4) is 0 Å². The second-order valence-corrected chi connectivity index (χ2v) is 5.75. The standard InChI is InChI=1S/C16H29NO4/c1-14(2)12-20-13-15(18)10-17(7-5-8-19-3)11-16-6-4-9-21-16/h4,6,9,14-15,18H,5,7-8,10-13H2,1-3H3/t15-/m1/s1. The van der Waals surface area contributed by atoms with Crippen LogP contribution in [0.3, 0.4) is 0 Å². The third-order valence-electron chi connectivity index (χ3n) is 3.01. The molecule has 0 saturated heterocycles. The van der Waals surface area contributed by atoms with Crippen molar-refractivity contribution in [1.82, 2.24) is 4.90 Å². The fourth-order valence-electron chi connectivity index (χ4n) is 2.08. The van der Waals surface area contributed by atoms with Crippen molar-refractivity contribution < 1.29 is 19.0 Å². The van der Waals surface area contributed by atoms with Gasteiger partial charge in [0, 0.05) is 33.4 Å². The van der Waals surface area contributed by atoms with Crippen LogP contribution in [0, 0.1) is 5.92 Å². The van der Waals surface area contributed by atoms with Crippen LogP contribution in [-0.4, -0.2) is 56.1 Å². The molecule has 1 aromatic heterocycles. The van der Waals surface area contributed by atoms with E-state index in [9.17, 15) is 5.11 Å². The zero-order valence-electron chi connectivity index (χ0n) is 13.5. The number of aliphatic hydroxyl groups is 1. The lowest BCUT2D eigenvalue weighted by Gasteiger charge is -2.24. The summed E-state index contributed by atoms with van der Waals surface area (Å²) in [6.45, 7) is 8.08. The van der Waals surface area contributed by atoms with Crippen molar-refractivity contribution in [2.75, 3.05) is 40.0 Å². The number of nitrogens with zero attached hydrogens (tertiary/aromatic N) is 1. The lowest BCUT2D eigenvalue weighted by molar-refractivity contribution is 0.00489. The van der Waals surface area contributed by atoms with Crippen LogP contribution in [0.1, 0.15) is 26.0 Å². The van der Waals surface area contributed by atoms with Crippen molar-refractivity contribution in [2.45, 2.75) is 32.9 Å². The third-order valence-corrected chi connectivity index (χ3v) is 3.01. The van der Waals surface area contributed by atoms with E-state index in [1.165, 1.54) is 0 Å². The molecule has 122 valence electrons. The Balaban J connectivity index is 2.35. The zero-order chi connectivity index (χ0) is 15.5. The van der Waals surface area contributed by atoms with Crippen LogP contribution in [0.15, 0.2) is 22.8 Å². The Bertz CT molecular complexity index is 340. The van der Waals surface area contributed by atoms with Crippen molar-refractivity contribution in [1.29, 1.82) is 0 Å². The molecular weight excluding hydrogens is 270 g/mol. The van der Waals surface area contributed by atoms with Gasteiger partial charge in [0.05, 0.1) is 25.5 Å². The molecule has 0 spiro atoms. The summed E-state index contributed by atoms with van der Waals surface area (Å²) in [7, 11) is 1.70. The first-order valence-electron chi connectivity index (χ1n) is 7.61. The minimum absolute atomic E-state index is 0.372. The maximum absolute atomic E-state index is 10.1. The minimum atomic E-state index is -0.485. The normalized spacial score (nSPS) is 13.2. The van der Waals surface area contributed by atoms with E-state index in [2.05, 4.69) is 18.7 Å². The van der Waals surface area contributed by atoms with Crippen LogP contribution in [0.5, 0.6) is 0 Å². The van der Waals surface area contributed by atoms with Crippen LogP contribution < -0.4 is 0 Å². The predicted molar refractivity (Wildman–Crippen MR) is 82.1 cm³/mol. The van der Waals surface area contributed by atoms with Gasteiger partial charge in [-0.3, -0.25) is 4.90 Å². The summed E-state index contributed by atoms with van der Waals surface area (Å²) < 4.78 is 16.0. The molecule has 21 heavy (non-hydrogen) atoms. The molecular formula is C16H29NO4. The molecule has 1 heterocycles. The van der Waals surface area contributed by atoms with E-state index >= 15 is 0 Å². The Morgan fingerprint density at radius 3 is 2.76 bits per heavy atom. The van der Waals surface area contributed by atoms with Gasteiger partial charge in [-0.15, -0.1) is 0 Å². The lowest BCUT2D eigenvalue weighted by Crippen LogP contribution is -2.35. The van der Waals surface area contributed by atoms with Gasteiger partial charge in [0.15, 0.2) is 0 Å². The summed E-state index contributed by atoms with van der Waals surface area (Å²) in [4.78, 5) is 2.17. The molecule has 0 aromatic carbocycles. The number of ether oxygens (including phenoxy) is 2. The van der Waals surface area contributed by atoms with Crippen LogP contribution in [-0.2, 0) is 16.0 Å². The van der Waals surface area contributed by atoms with Gasteiger partial charge in [-0.25, -0.2) is 0 Å². The Kier molecular flexibility index (Phi) is 9.34. The van der Waals surface area contributed by atoms with Crippen molar-refractivity contribution in [3.63, 3.8) is 0 Å². The summed E-state index contributed by atoms with van der Waals surface area (Å²) in [5.74, 6) is 1.39. The Morgan fingerprint density at radius 2 is 2.14 bits per heavy atom. The second kappa shape index (κ2) is 10.8. The molecule has 0 aliphatic carbocycles. The van der Waals surface area contributed by atoms with Gasteiger partial charge in [-0.2, -0.15) is 0 Å². The summed E-state index contributed by atoms with van der Waals surface area (Å²) in [5, 5.41) is 10.1. The quantitative estimate of drug-likeness (QED) is 0.599. The van der Waals surface area contributed by atoms with E-state index < -0.39 is 6.10 Å². The molecule has 0 aliphatic rings. The van der Waals surface area contributed by atoms with Crippen LogP contribution in [0.25, 0.3) is 0 Å². The molecule has 0 radical (unpaired) electrons. The molecule has 5 heteroatoms. The summed E-state index contributed by atoms with van der Waals surface area (Å²) in [5.41, 5.74) is 0. The van der Waals surface area contributed by atoms with Crippen LogP contribution >= 0.6 is 0 Å². The Labute approximate surface area is 127 Å². The van der Waals surface area contributed by atoms with Crippen LogP contribution in [0.4, 0.5) is 0 Å². The molecule has 0 bridgehead atoms. The highest BCUT2D eigenvalue weighted by Crippen LogP contribution is 2.07. The summed E-state index contributed by atoms with van der Waals surface area (Å²) >= 11 is 0. The molecule has 0 unspecified atom stereocenters. The number of furan rings is 1. The van der Waals surface area contributed by atoms with E-state index in [1.807, 2.05) is 12.1 Å². The topological polar surface area (TPSA) is 55.1 Å². The fourth-order valence-corrected chi connectivity index (χ4v) is 2.08. The predicted octanol–water partition coefficient (Wildman–Crippen LogP) is 2.15. The summed E-state index contributed by atoms with van der Waals surface area (Å²) in [6.07, 6.45) is 2.11. The van der Waals surface area contributed by atoms with Crippen molar-refractivity contribution >= 4 is 0 Å². The highest BCUT2D eigenvalue weighted by Gasteiger charge is 2.14. The van der Waals surface area contributed by atoms with Gasteiger partial charge in [0.25, 0.3) is 0 Å². The minimum Gasteiger partial charge on any atom is -0.468 e. The average Bonchev–Trinajstić information content (AvgIpc) is 2.91. The van der Waals surface area contributed by atoms with E-state index in [1.54, 1.807) is 13.4 Å². The summed E-state index contributed by atoms with van der Waals surface area (Å²) in [6, 6.07) is 3.83. The highest BCUT2D eigenvalue weighted by molar-refractivity contribution is 4.97. The van der Waals surface area contributed by atoms with Gasteiger partial charge >= 0.3 is 0 Å². The maximum atomic E-state index is 10.1. The van der Waals surface area contributed by atoms with Crippen LogP contribution in [0.2, 0.25) is 0 Å². The number of rotatable bonds is 12. The zero-order valence-corrected chi connectivity index (χ0v) is 13.5. The monoisotopic (exact) mass is 299 g/mol. The molecule has 1 aromatic rings. The molecule has 0 aliphatic heterocycles. The van der Waals surface area contributed by atoms with Gasteiger partial charge < -0.3 is 19.0 Å². The lowest BCUT2D eigenvalue weighted by atomic mass is 10.2.